The Balaban J connectivity index is 0.000000202. The molecule has 5 heterocycles. The van der Waals surface area contributed by atoms with Crippen molar-refractivity contribution in [3.05, 3.63) is 103 Å². The van der Waals surface area contributed by atoms with Crippen molar-refractivity contribution in [2.45, 2.75) is 57.4 Å². The third kappa shape index (κ3) is 6.53. The zero-order valence-electron chi connectivity index (χ0n) is 26.8. The Morgan fingerprint density at radius 2 is 1.71 bits per heavy atom. The minimum atomic E-state index is -1.72. The van der Waals surface area contributed by atoms with Crippen molar-refractivity contribution in [1.82, 2.24) is 24.5 Å². The van der Waals surface area contributed by atoms with Crippen molar-refractivity contribution < 1.29 is 24.5 Å². The van der Waals surface area contributed by atoms with Gasteiger partial charge in [-0.3, -0.25) is 9.97 Å². The van der Waals surface area contributed by atoms with Crippen LogP contribution < -0.4 is 4.40 Å². The van der Waals surface area contributed by atoms with Gasteiger partial charge in [-0.25, -0.2) is 4.98 Å². The molecule has 231 valence electrons. The summed E-state index contributed by atoms with van der Waals surface area (Å²) in [5, 5.41) is 2.05. The molecular weight excluding hydrogens is 795 g/mol. The van der Waals surface area contributed by atoms with Crippen molar-refractivity contribution >= 4 is 50.8 Å². The Morgan fingerprint density at radius 1 is 0.889 bits per heavy atom. The fourth-order valence-corrected chi connectivity index (χ4v) is 7.63. The van der Waals surface area contributed by atoms with Gasteiger partial charge in [0.15, 0.2) is 0 Å². The van der Waals surface area contributed by atoms with Gasteiger partial charge in [0.25, 0.3) is 0 Å². The van der Waals surface area contributed by atoms with E-state index in [1.807, 2.05) is 67.8 Å². The molecule has 5 aromatic heterocycles. The summed E-state index contributed by atoms with van der Waals surface area (Å²) in [6, 6.07) is 28.9. The van der Waals surface area contributed by atoms with Crippen LogP contribution in [0.2, 0.25) is 17.3 Å². The minimum absolute atomic E-state index is 0. The van der Waals surface area contributed by atoms with Gasteiger partial charge in [-0.1, -0.05) is 24.8 Å². The number of hydrogen-bond donors (Lipinski definition) is 0. The van der Waals surface area contributed by atoms with Crippen LogP contribution in [-0.2, 0) is 26.7 Å². The van der Waals surface area contributed by atoms with Gasteiger partial charge >= 0.3 is 99.8 Å². The van der Waals surface area contributed by atoms with Crippen molar-refractivity contribution in [2.24, 2.45) is 0 Å². The Morgan fingerprint density at radius 3 is 2.38 bits per heavy atom. The largest absolute Gasteiger partial charge is 0 e. The number of nitrogens with zero attached hydrogens (tertiary/aromatic N) is 5. The van der Waals surface area contributed by atoms with Gasteiger partial charge in [0.1, 0.15) is 0 Å². The first-order chi connectivity index (χ1) is 21.2. The van der Waals surface area contributed by atoms with E-state index in [0.717, 1.165) is 68.0 Å². The van der Waals surface area contributed by atoms with Crippen LogP contribution in [0.4, 0.5) is 0 Å². The molecule has 45 heavy (non-hydrogen) atoms. The van der Waals surface area contributed by atoms with Gasteiger partial charge in [-0.2, -0.15) is 0 Å². The summed E-state index contributed by atoms with van der Waals surface area (Å²) in [5.74, 6) is 8.31. The summed E-state index contributed by atoms with van der Waals surface area (Å²) in [7, 11) is 0. The standard InChI is InChI=1S/C23H21N4O.C14H16GeN.Ir/c1-5-27-20-18(11-12-24-19(20)13(2)3)26-22(27)17-8-6-7-15-16-10-9-14(4)25-23(16)28-21(15)17;1-15(2,3)13-9-10-14(16-11-13)12-7-5-4-6-8-12;/h6-7,9-13H,5H2,1-4H3;4-7,9-11H,1-3H3;/q2*-1;. The number of aryl methyl sites for hydroxylation is 2. The maximum absolute atomic E-state index is 6.18. The molecule has 0 saturated heterocycles. The predicted molar refractivity (Wildman–Crippen MR) is 183 cm³/mol. The molecule has 0 bridgehead atoms. The molecule has 8 heteroatoms. The second-order valence-corrected chi connectivity index (χ2v) is 23.0. The molecule has 0 spiro atoms. The van der Waals surface area contributed by atoms with Crippen LogP contribution in [0.1, 0.15) is 38.1 Å². The Bertz CT molecular complexity index is 2080. The average molecular weight is 833 g/mol. The minimum Gasteiger partial charge on any atom is 0 e. The SMILES string of the molecule is CCn1c(-c2[c-]ccc3c2oc2nc(C)ccc23)nc2ccnc(C(C)C)c21.[CH3][Ge]([CH3])([CH3])[c]1ccc(-c2[c-]cccc2)nc1.[Ir]. The first-order valence-corrected chi connectivity index (χ1v) is 22.5. The van der Waals surface area contributed by atoms with Crippen LogP contribution in [0.5, 0.6) is 0 Å². The summed E-state index contributed by atoms with van der Waals surface area (Å²) in [4.78, 5) is 18.7. The number of aromatic nitrogens is 5. The van der Waals surface area contributed by atoms with E-state index in [4.69, 9.17) is 9.40 Å². The predicted octanol–water partition coefficient (Wildman–Crippen LogP) is 8.74. The molecule has 0 unspecified atom stereocenters. The summed E-state index contributed by atoms with van der Waals surface area (Å²) < 4.78 is 9.84. The van der Waals surface area contributed by atoms with Crippen LogP contribution in [0.3, 0.4) is 0 Å². The van der Waals surface area contributed by atoms with Crippen LogP contribution in [0.25, 0.3) is 55.7 Å². The van der Waals surface area contributed by atoms with Gasteiger partial charge < -0.3 is 8.98 Å². The molecule has 0 aliphatic carbocycles. The van der Waals surface area contributed by atoms with E-state index in [1.165, 1.54) is 4.40 Å². The molecule has 0 N–H and O–H groups in total. The first-order valence-electron chi connectivity index (χ1n) is 15.2. The summed E-state index contributed by atoms with van der Waals surface area (Å²) in [5.41, 5.74) is 8.40. The molecule has 7 aromatic rings. The molecule has 2 aromatic carbocycles. The van der Waals surface area contributed by atoms with Gasteiger partial charge in [-0.15, -0.1) is 18.2 Å². The van der Waals surface area contributed by atoms with Gasteiger partial charge in [0, 0.05) is 43.9 Å². The maximum Gasteiger partial charge on any atom is 0 e. The summed E-state index contributed by atoms with van der Waals surface area (Å²) >= 11 is -1.72. The third-order valence-corrected chi connectivity index (χ3v) is 12.1. The fourth-order valence-electron chi connectivity index (χ4n) is 5.46. The maximum atomic E-state index is 6.18. The molecule has 0 aliphatic heterocycles. The van der Waals surface area contributed by atoms with E-state index in [1.54, 1.807) is 0 Å². The molecule has 0 fully saturated rings. The normalized spacial score (nSPS) is 11.6. The second-order valence-electron chi connectivity index (χ2n) is 12.4. The average Bonchev–Trinajstić information content (AvgIpc) is 3.59. The molecule has 0 saturated carbocycles. The van der Waals surface area contributed by atoms with Gasteiger partial charge in [-0.05, 0) is 38.0 Å². The zero-order chi connectivity index (χ0) is 31.0. The van der Waals surface area contributed by atoms with Crippen molar-refractivity contribution in [3.8, 4) is 22.6 Å². The van der Waals surface area contributed by atoms with E-state index >= 15 is 0 Å². The molecule has 1 radical (unpaired) electrons. The van der Waals surface area contributed by atoms with E-state index in [-0.39, 0.29) is 20.1 Å². The topological polar surface area (TPSA) is 69.6 Å². The Hall–Kier alpha value is -3.65. The van der Waals surface area contributed by atoms with E-state index in [0.29, 0.717) is 11.6 Å². The van der Waals surface area contributed by atoms with E-state index in [9.17, 15) is 0 Å². The van der Waals surface area contributed by atoms with Crippen molar-refractivity contribution in [2.75, 3.05) is 0 Å². The summed E-state index contributed by atoms with van der Waals surface area (Å²) in [6.45, 7) is 9.21. The molecule has 0 aliphatic rings. The Kier molecular flexibility index (Phi) is 9.73. The van der Waals surface area contributed by atoms with E-state index < -0.39 is 13.3 Å². The van der Waals surface area contributed by atoms with E-state index in [2.05, 4.69) is 87.9 Å². The number of fused-ring (bicyclic) bond motifs is 4. The second kappa shape index (κ2) is 13.4. The summed E-state index contributed by atoms with van der Waals surface area (Å²) in [6.07, 6.45) is 3.88. The van der Waals surface area contributed by atoms with Crippen molar-refractivity contribution in [1.29, 1.82) is 0 Å². The fraction of sp³-hybridized carbons (Fsp3) is 0.243. The van der Waals surface area contributed by atoms with Crippen molar-refractivity contribution in [3.63, 3.8) is 0 Å². The molecule has 6 nitrogen and oxygen atoms in total. The molecular formula is C37H37GeIrN5O-2. The van der Waals surface area contributed by atoms with Crippen LogP contribution in [0, 0.1) is 19.1 Å². The number of furan rings is 1. The third-order valence-electron chi connectivity index (χ3n) is 7.82. The number of rotatable bonds is 5. The monoisotopic (exact) mass is 834 g/mol. The van der Waals surface area contributed by atoms with Crippen LogP contribution >= 0.6 is 0 Å². The number of benzene rings is 2. The molecule has 0 atom stereocenters. The number of imidazole rings is 1. The number of pyridine rings is 3. The van der Waals surface area contributed by atoms with Gasteiger partial charge in [0.2, 0.25) is 5.71 Å². The first kappa shape index (κ1) is 32.7. The molecule has 7 rings (SSSR count). The van der Waals surface area contributed by atoms with Crippen LogP contribution in [-0.4, -0.2) is 37.8 Å². The quantitative estimate of drug-likeness (QED) is 0.128. The Labute approximate surface area is 281 Å². The molecule has 0 amide bonds. The van der Waals surface area contributed by atoms with Crippen LogP contribution in [0.15, 0.2) is 83.5 Å². The smallest absolute Gasteiger partial charge is 0 e. The zero-order valence-corrected chi connectivity index (χ0v) is 31.3. The number of hydrogen-bond acceptors (Lipinski definition) is 5. The van der Waals surface area contributed by atoms with Gasteiger partial charge in [0.05, 0.1) is 28.1 Å².